The van der Waals surface area contributed by atoms with Gasteiger partial charge in [0.25, 0.3) is 0 Å². The summed E-state index contributed by atoms with van der Waals surface area (Å²) in [5.74, 6) is 0.564. The quantitative estimate of drug-likeness (QED) is 0.802. The molecule has 0 atom stereocenters. The van der Waals surface area contributed by atoms with Gasteiger partial charge in [0, 0.05) is 23.8 Å². The molecule has 0 unspecified atom stereocenters. The molecule has 1 aromatic carbocycles. The Morgan fingerprint density at radius 1 is 1.06 bits per heavy atom. The first kappa shape index (κ1) is 12.9. The van der Waals surface area contributed by atoms with Gasteiger partial charge in [-0.3, -0.25) is 0 Å². The smallest absolute Gasteiger partial charge is 0.0931 e. The average molecular weight is 286 g/mol. The molecule has 0 aliphatic carbocycles. The van der Waals surface area contributed by atoms with Gasteiger partial charge in [-0.15, -0.1) is 22.9 Å². The zero-order chi connectivity index (χ0) is 12.1. The Labute approximate surface area is 115 Å². The third-order valence-electron chi connectivity index (χ3n) is 2.40. The minimum absolute atomic E-state index is 0.564. The number of alkyl halides is 1. The second-order valence-corrected chi connectivity index (χ2v) is 5.83. The van der Waals surface area contributed by atoms with Crippen molar-refractivity contribution < 1.29 is 0 Å². The molecule has 17 heavy (non-hydrogen) atoms. The topological polar surface area (TPSA) is 12.0 Å². The molecule has 0 bridgehead atoms. The number of halogens is 2. The SMILES string of the molecule is ClCc1cccc(CNCc2ccc(Cl)s2)c1. The Kier molecular flexibility index (Phi) is 4.86. The Morgan fingerprint density at radius 2 is 1.88 bits per heavy atom. The molecular formula is C13H13Cl2NS. The van der Waals surface area contributed by atoms with E-state index >= 15 is 0 Å². The van der Waals surface area contributed by atoms with Crippen molar-refractivity contribution in [3.05, 3.63) is 56.7 Å². The molecule has 1 heterocycles. The first-order valence-corrected chi connectivity index (χ1v) is 7.09. The molecule has 0 amide bonds. The highest BCUT2D eigenvalue weighted by molar-refractivity contribution is 7.16. The van der Waals surface area contributed by atoms with Gasteiger partial charge < -0.3 is 5.32 Å². The van der Waals surface area contributed by atoms with Crippen LogP contribution in [0.4, 0.5) is 0 Å². The van der Waals surface area contributed by atoms with Gasteiger partial charge in [-0.05, 0) is 23.3 Å². The van der Waals surface area contributed by atoms with Gasteiger partial charge in [-0.1, -0.05) is 35.9 Å². The van der Waals surface area contributed by atoms with Gasteiger partial charge in [-0.2, -0.15) is 0 Å². The molecule has 0 radical (unpaired) electrons. The van der Waals surface area contributed by atoms with Crippen LogP contribution in [0.2, 0.25) is 4.34 Å². The fourth-order valence-electron chi connectivity index (χ4n) is 1.60. The molecule has 1 N–H and O–H groups in total. The zero-order valence-electron chi connectivity index (χ0n) is 9.25. The Hall–Kier alpha value is -0.540. The normalized spacial score (nSPS) is 10.7. The number of benzene rings is 1. The van der Waals surface area contributed by atoms with Crippen LogP contribution in [-0.2, 0) is 19.0 Å². The summed E-state index contributed by atoms with van der Waals surface area (Å²) in [7, 11) is 0. The van der Waals surface area contributed by atoms with Crippen LogP contribution in [0.3, 0.4) is 0 Å². The number of rotatable bonds is 5. The van der Waals surface area contributed by atoms with Gasteiger partial charge in [0.2, 0.25) is 0 Å². The first-order valence-electron chi connectivity index (χ1n) is 5.36. The standard InChI is InChI=1S/C13H13Cl2NS/c14-7-10-2-1-3-11(6-10)8-16-9-12-4-5-13(15)17-12/h1-6,16H,7-9H2. The second kappa shape index (κ2) is 6.41. The van der Waals surface area contributed by atoms with E-state index in [2.05, 4.69) is 23.5 Å². The molecule has 4 heteroatoms. The highest BCUT2D eigenvalue weighted by Gasteiger charge is 1.98. The molecule has 0 aliphatic heterocycles. The van der Waals surface area contributed by atoms with E-state index in [9.17, 15) is 0 Å². The van der Waals surface area contributed by atoms with Gasteiger partial charge >= 0.3 is 0 Å². The number of nitrogens with one attached hydrogen (secondary N) is 1. The second-order valence-electron chi connectivity index (χ2n) is 3.76. The van der Waals surface area contributed by atoms with Crippen LogP contribution in [0.25, 0.3) is 0 Å². The maximum Gasteiger partial charge on any atom is 0.0931 e. The van der Waals surface area contributed by atoms with Crippen molar-refractivity contribution in [1.82, 2.24) is 5.32 Å². The van der Waals surface area contributed by atoms with Crippen LogP contribution in [0.1, 0.15) is 16.0 Å². The summed E-state index contributed by atoms with van der Waals surface area (Å²) in [4.78, 5) is 1.25. The van der Waals surface area contributed by atoms with Crippen molar-refractivity contribution in [2.24, 2.45) is 0 Å². The number of thiophene rings is 1. The molecule has 0 saturated carbocycles. The number of hydrogen-bond donors (Lipinski definition) is 1. The van der Waals surface area contributed by atoms with E-state index in [1.54, 1.807) is 11.3 Å². The van der Waals surface area contributed by atoms with Crippen LogP contribution in [-0.4, -0.2) is 0 Å². The van der Waals surface area contributed by atoms with Gasteiger partial charge in [0.1, 0.15) is 0 Å². The molecule has 0 aliphatic rings. The lowest BCUT2D eigenvalue weighted by Crippen LogP contribution is -2.11. The average Bonchev–Trinajstić information content (AvgIpc) is 2.75. The summed E-state index contributed by atoms with van der Waals surface area (Å²) in [5, 5.41) is 3.39. The molecule has 1 nitrogen and oxygen atoms in total. The summed E-state index contributed by atoms with van der Waals surface area (Å²) >= 11 is 13.3. The molecule has 0 fully saturated rings. The predicted octanol–water partition coefficient (Wildman–Crippen LogP) is 4.43. The molecule has 2 rings (SSSR count). The van der Waals surface area contributed by atoms with E-state index in [1.165, 1.54) is 10.4 Å². The van der Waals surface area contributed by atoms with Gasteiger partial charge in [0.05, 0.1) is 4.34 Å². The molecule has 90 valence electrons. The highest BCUT2D eigenvalue weighted by atomic mass is 35.5. The summed E-state index contributed by atoms with van der Waals surface area (Å²) in [6.45, 7) is 1.70. The fraction of sp³-hybridized carbons (Fsp3) is 0.231. The molecular weight excluding hydrogens is 273 g/mol. The van der Waals surface area contributed by atoms with E-state index in [4.69, 9.17) is 23.2 Å². The lowest BCUT2D eigenvalue weighted by Gasteiger charge is -2.04. The van der Waals surface area contributed by atoms with Crippen molar-refractivity contribution in [3.63, 3.8) is 0 Å². The first-order chi connectivity index (χ1) is 8.28. The maximum atomic E-state index is 5.87. The molecule has 1 aromatic heterocycles. The lowest BCUT2D eigenvalue weighted by atomic mass is 10.1. The van der Waals surface area contributed by atoms with Crippen molar-refractivity contribution in [1.29, 1.82) is 0 Å². The van der Waals surface area contributed by atoms with Crippen LogP contribution in [0, 0.1) is 0 Å². The zero-order valence-corrected chi connectivity index (χ0v) is 11.6. The molecule has 2 aromatic rings. The van der Waals surface area contributed by atoms with E-state index in [0.29, 0.717) is 5.88 Å². The third-order valence-corrected chi connectivity index (χ3v) is 3.94. The fourth-order valence-corrected chi connectivity index (χ4v) is 2.82. The lowest BCUT2D eigenvalue weighted by molar-refractivity contribution is 0.700. The molecule has 0 spiro atoms. The van der Waals surface area contributed by atoms with E-state index < -0.39 is 0 Å². The Balaban J connectivity index is 1.85. The van der Waals surface area contributed by atoms with E-state index in [0.717, 1.165) is 23.0 Å². The van der Waals surface area contributed by atoms with Crippen molar-refractivity contribution in [2.45, 2.75) is 19.0 Å². The Bertz CT molecular complexity index is 482. The summed E-state index contributed by atoms with van der Waals surface area (Å²) in [6, 6.07) is 12.3. The van der Waals surface area contributed by atoms with Gasteiger partial charge in [-0.25, -0.2) is 0 Å². The predicted molar refractivity (Wildman–Crippen MR) is 75.9 cm³/mol. The van der Waals surface area contributed by atoms with Crippen LogP contribution < -0.4 is 5.32 Å². The summed E-state index contributed by atoms with van der Waals surface area (Å²) in [5.41, 5.74) is 2.41. The van der Waals surface area contributed by atoms with Crippen LogP contribution in [0.5, 0.6) is 0 Å². The molecule has 0 saturated heterocycles. The summed E-state index contributed by atoms with van der Waals surface area (Å²) < 4.78 is 0.839. The minimum Gasteiger partial charge on any atom is -0.308 e. The van der Waals surface area contributed by atoms with Crippen molar-refractivity contribution in [2.75, 3.05) is 0 Å². The van der Waals surface area contributed by atoms with E-state index in [1.807, 2.05) is 18.2 Å². The van der Waals surface area contributed by atoms with E-state index in [-0.39, 0.29) is 0 Å². The monoisotopic (exact) mass is 285 g/mol. The highest BCUT2D eigenvalue weighted by Crippen LogP contribution is 2.21. The maximum absolute atomic E-state index is 5.87. The third kappa shape index (κ3) is 4.00. The summed E-state index contributed by atoms with van der Waals surface area (Å²) in [6.07, 6.45) is 0. The van der Waals surface area contributed by atoms with Crippen molar-refractivity contribution in [3.8, 4) is 0 Å². The van der Waals surface area contributed by atoms with Gasteiger partial charge in [0.15, 0.2) is 0 Å². The minimum atomic E-state index is 0.564. The largest absolute Gasteiger partial charge is 0.308 e. The van der Waals surface area contributed by atoms with Crippen molar-refractivity contribution >= 4 is 34.5 Å². The van der Waals surface area contributed by atoms with Crippen LogP contribution in [0.15, 0.2) is 36.4 Å². The number of hydrogen-bond acceptors (Lipinski definition) is 2. The van der Waals surface area contributed by atoms with Crippen LogP contribution >= 0.6 is 34.5 Å². The Morgan fingerprint density at radius 3 is 2.59 bits per heavy atom.